The van der Waals surface area contributed by atoms with Crippen molar-refractivity contribution in [2.24, 2.45) is 0 Å². The molecule has 0 aliphatic carbocycles. The van der Waals surface area contributed by atoms with Crippen molar-refractivity contribution in [3.63, 3.8) is 0 Å². The van der Waals surface area contributed by atoms with E-state index in [4.69, 9.17) is 16.3 Å². The van der Waals surface area contributed by atoms with Gasteiger partial charge in [-0.25, -0.2) is 4.79 Å². The van der Waals surface area contributed by atoms with Gasteiger partial charge in [0.25, 0.3) is 5.91 Å². The Morgan fingerprint density at radius 3 is 2.52 bits per heavy atom. The molecule has 5 heteroatoms. The maximum atomic E-state index is 11.7. The molecule has 0 aromatic heterocycles. The summed E-state index contributed by atoms with van der Waals surface area (Å²) in [6, 6.07) is 15.9. The quantitative estimate of drug-likeness (QED) is 0.864. The zero-order valence-corrected chi connectivity index (χ0v) is 12.0. The highest BCUT2D eigenvalue weighted by Crippen LogP contribution is 2.11. The molecule has 1 amide bonds. The van der Waals surface area contributed by atoms with Crippen LogP contribution in [-0.4, -0.2) is 18.5 Å². The Labute approximate surface area is 127 Å². The van der Waals surface area contributed by atoms with Crippen LogP contribution in [0.4, 0.5) is 0 Å². The van der Waals surface area contributed by atoms with E-state index in [0.717, 1.165) is 5.56 Å². The zero-order valence-electron chi connectivity index (χ0n) is 11.2. The number of nitrogens with one attached hydrogen (secondary N) is 1. The van der Waals surface area contributed by atoms with Crippen molar-refractivity contribution in [3.05, 3.63) is 70.7 Å². The van der Waals surface area contributed by atoms with Crippen LogP contribution in [0.2, 0.25) is 5.02 Å². The lowest BCUT2D eigenvalue weighted by Gasteiger charge is -2.07. The minimum absolute atomic E-state index is 0.318. The molecule has 4 nitrogen and oxygen atoms in total. The van der Waals surface area contributed by atoms with Crippen LogP contribution in [0.1, 0.15) is 15.9 Å². The van der Waals surface area contributed by atoms with Gasteiger partial charge in [-0.3, -0.25) is 4.79 Å². The molecule has 2 aromatic carbocycles. The molecule has 21 heavy (non-hydrogen) atoms. The van der Waals surface area contributed by atoms with E-state index in [-0.39, 0.29) is 12.5 Å². The van der Waals surface area contributed by atoms with Crippen LogP contribution in [0.5, 0.6) is 0 Å². The van der Waals surface area contributed by atoms with E-state index in [9.17, 15) is 9.59 Å². The summed E-state index contributed by atoms with van der Waals surface area (Å²) in [6.07, 6.45) is 0. The number of hydrogen-bond donors (Lipinski definition) is 1. The van der Waals surface area contributed by atoms with Crippen LogP contribution < -0.4 is 5.32 Å². The summed E-state index contributed by atoms with van der Waals surface area (Å²) >= 11 is 5.78. The second-order valence-electron chi connectivity index (χ2n) is 4.35. The number of halogens is 1. The molecule has 0 spiro atoms. The topological polar surface area (TPSA) is 55.4 Å². The first-order valence-corrected chi connectivity index (χ1v) is 6.76. The van der Waals surface area contributed by atoms with Crippen molar-refractivity contribution < 1.29 is 14.3 Å². The predicted molar refractivity (Wildman–Crippen MR) is 80.0 cm³/mol. The monoisotopic (exact) mass is 303 g/mol. The van der Waals surface area contributed by atoms with E-state index < -0.39 is 5.97 Å². The van der Waals surface area contributed by atoms with Gasteiger partial charge >= 0.3 is 5.97 Å². The average Bonchev–Trinajstić information content (AvgIpc) is 2.51. The fraction of sp³-hybridized carbons (Fsp3) is 0.125. The maximum absolute atomic E-state index is 11.7. The van der Waals surface area contributed by atoms with Gasteiger partial charge in [0.15, 0.2) is 6.61 Å². The molecule has 0 saturated carbocycles. The summed E-state index contributed by atoms with van der Waals surface area (Å²) < 4.78 is 4.92. The molecule has 1 N–H and O–H groups in total. The fourth-order valence-electron chi connectivity index (χ4n) is 1.68. The third-order valence-electron chi connectivity index (χ3n) is 2.73. The summed E-state index contributed by atoms with van der Waals surface area (Å²) in [5.41, 5.74) is 1.30. The Bertz CT molecular complexity index is 628. The van der Waals surface area contributed by atoms with Gasteiger partial charge in [-0.2, -0.15) is 0 Å². The summed E-state index contributed by atoms with van der Waals surface area (Å²) in [4.78, 5) is 23.3. The Morgan fingerprint density at radius 2 is 1.81 bits per heavy atom. The Morgan fingerprint density at radius 1 is 1.05 bits per heavy atom. The van der Waals surface area contributed by atoms with Crippen LogP contribution in [0.25, 0.3) is 0 Å². The van der Waals surface area contributed by atoms with Crippen molar-refractivity contribution in [1.82, 2.24) is 5.32 Å². The van der Waals surface area contributed by atoms with Crippen molar-refractivity contribution >= 4 is 23.5 Å². The van der Waals surface area contributed by atoms with Crippen molar-refractivity contribution in [2.45, 2.75) is 6.54 Å². The molecule has 0 unspecified atom stereocenters. The van der Waals surface area contributed by atoms with Gasteiger partial charge in [0.1, 0.15) is 0 Å². The van der Waals surface area contributed by atoms with Crippen molar-refractivity contribution in [1.29, 1.82) is 0 Å². The molecule has 0 aliphatic heterocycles. The molecule has 0 atom stereocenters. The molecular weight excluding hydrogens is 290 g/mol. The Balaban J connectivity index is 1.77. The van der Waals surface area contributed by atoms with E-state index in [1.54, 1.807) is 18.2 Å². The molecule has 0 saturated heterocycles. The number of carbonyl (C=O) groups excluding carboxylic acids is 2. The first kappa shape index (κ1) is 15.1. The second kappa shape index (κ2) is 7.45. The molecule has 0 fully saturated rings. The number of benzene rings is 2. The molecule has 0 heterocycles. The molecule has 2 rings (SSSR count). The van der Waals surface area contributed by atoms with Crippen LogP contribution in [0.3, 0.4) is 0 Å². The van der Waals surface area contributed by atoms with E-state index in [1.165, 1.54) is 6.07 Å². The van der Waals surface area contributed by atoms with Crippen molar-refractivity contribution in [2.75, 3.05) is 6.61 Å². The fourth-order valence-corrected chi connectivity index (χ4v) is 1.87. The van der Waals surface area contributed by atoms with E-state index in [2.05, 4.69) is 5.32 Å². The Hall–Kier alpha value is -2.33. The molecular formula is C16H14ClNO3. The summed E-state index contributed by atoms with van der Waals surface area (Å²) in [7, 11) is 0. The second-order valence-corrected chi connectivity index (χ2v) is 4.79. The number of amides is 1. The molecule has 108 valence electrons. The summed E-state index contributed by atoms with van der Waals surface area (Å²) in [6.45, 7) is 0.0760. The van der Waals surface area contributed by atoms with Crippen LogP contribution >= 0.6 is 11.6 Å². The van der Waals surface area contributed by atoms with Crippen molar-refractivity contribution in [3.8, 4) is 0 Å². The van der Waals surface area contributed by atoms with Gasteiger partial charge in [0, 0.05) is 11.6 Å². The largest absolute Gasteiger partial charge is 0.452 e. The van der Waals surface area contributed by atoms with Gasteiger partial charge in [0.05, 0.1) is 5.56 Å². The summed E-state index contributed by atoms with van der Waals surface area (Å²) in [5.74, 6) is -0.929. The highest BCUT2D eigenvalue weighted by Gasteiger charge is 2.10. The van der Waals surface area contributed by atoms with Gasteiger partial charge < -0.3 is 10.1 Å². The van der Waals surface area contributed by atoms with Crippen LogP contribution in [0.15, 0.2) is 54.6 Å². The lowest BCUT2D eigenvalue weighted by atomic mass is 10.2. The zero-order chi connectivity index (χ0) is 15.1. The van der Waals surface area contributed by atoms with Crippen LogP contribution in [-0.2, 0) is 16.1 Å². The van der Waals surface area contributed by atoms with Gasteiger partial charge in [0.2, 0.25) is 0 Å². The number of hydrogen-bond acceptors (Lipinski definition) is 3. The smallest absolute Gasteiger partial charge is 0.338 e. The van der Waals surface area contributed by atoms with Gasteiger partial charge in [-0.05, 0) is 23.8 Å². The highest BCUT2D eigenvalue weighted by atomic mass is 35.5. The maximum Gasteiger partial charge on any atom is 0.338 e. The third-order valence-corrected chi connectivity index (χ3v) is 2.96. The summed E-state index contributed by atoms with van der Waals surface area (Å²) in [5, 5.41) is 3.12. The third kappa shape index (κ3) is 4.93. The minimum atomic E-state index is -0.577. The van der Waals surface area contributed by atoms with E-state index in [1.807, 2.05) is 30.3 Å². The number of ether oxygens (including phenoxy) is 1. The molecule has 2 aromatic rings. The van der Waals surface area contributed by atoms with E-state index in [0.29, 0.717) is 17.1 Å². The first-order chi connectivity index (χ1) is 10.1. The minimum Gasteiger partial charge on any atom is -0.452 e. The molecule has 0 aliphatic rings. The first-order valence-electron chi connectivity index (χ1n) is 6.38. The molecule has 0 bridgehead atoms. The molecule has 0 radical (unpaired) electrons. The average molecular weight is 304 g/mol. The lowest BCUT2D eigenvalue weighted by molar-refractivity contribution is -0.124. The number of carbonyl (C=O) groups is 2. The standard InChI is InChI=1S/C16H14ClNO3/c17-14-8-4-7-13(9-14)16(20)21-11-15(19)18-10-12-5-2-1-3-6-12/h1-9H,10-11H2,(H,18,19). The van der Waals surface area contributed by atoms with Gasteiger partial charge in [-0.15, -0.1) is 0 Å². The highest BCUT2D eigenvalue weighted by molar-refractivity contribution is 6.30. The Kier molecular flexibility index (Phi) is 5.35. The van der Waals surface area contributed by atoms with E-state index >= 15 is 0 Å². The SMILES string of the molecule is O=C(COC(=O)c1cccc(Cl)c1)NCc1ccccc1. The van der Waals surface area contributed by atoms with Crippen LogP contribution in [0, 0.1) is 0 Å². The number of esters is 1. The normalized spacial score (nSPS) is 9.95. The van der Waals surface area contributed by atoms with Gasteiger partial charge in [-0.1, -0.05) is 48.0 Å². The number of rotatable bonds is 5. The predicted octanol–water partition coefficient (Wildman–Crippen LogP) is 2.81. The lowest BCUT2D eigenvalue weighted by Crippen LogP contribution is -2.28.